The molecule has 0 N–H and O–H groups in total. The van der Waals surface area contributed by atoms with Gasteiger partial charge in [-0.25, -0.2) is 17.0 Å². The van der Waals surface area contributed by atoms with Crippen LogP contribution in [0.15, 0.2) is 24.8 Å². The molecule has 1 aromatic carbocycles. The molecule has 166 valence electrons. The van der Waals surface area contributed by atoms with Crippen molar-refractivity contribution in [1.29, 1.82) is 0 Å². The molecule has 10 nitrogen and oxygen atoms in total. The Balaban J connectivity index is 1.92. The van der Waals surface area contributed by atoms with E-state index in [0.717, 1.165) is 16.6 Å². The number of anilines is 1. The molecule has 0 atom stereocenters. The second kappa shape index (κ2) is 8.42. The first-order valence-electron chi connectivity index (χ1n) is 9.25. The summed E-state index contributed by atoms with van der Waals surface area (Å²) in [6.07, 6.45) is 3.59. The highest BCUT2D eigenvalue weighted by Gasteiger charge is 2.41. The van der Waals surface area contributed by atoms with Gasteiger partial charge < -0.3 is 0 Å². The molecular weight excluding hydrogens is 456 g/mol. The van der Waals surface area contributed by atoms with Crippen LogP contribution in [0, 0.1) is 16.0 Å². The van der Waals surface area contributed by atoms with Crippen LogP contribution in [0.25, 0.3) is 0 Å². The summed E-state index contributed by atoms with van der Waals surface area (Å²) < 4.78 is 53.6. The van der Waals surface area contributed by atoms with Gasteiger partial charge in [0.05, 0.1) is 17.7 Å². The minimum atomic E-state index is -4.03. The lowest BCUT2D eigenvalue weighted by atomic mass is 9.98. The zero-order chi connectivity index (χ0) is 22.3. The van der Waals surface area contributed by atoms with Gasteiger partial charge in [0.25, 0.3) is 5.69 Å². The van der Waals surface area contributed by atoms with Crippen LogP contribution < -0.4 is 4.31 Å². The predicted octanol–water partition coefficient (Wildman–Crippen LogP) is 1.97. The standard InChI is InChI=1S/C17H23ClN4O6S2/c1-3-6-21-17-14(9-15(18)10-16(17)22(23)24)12-20(30(21,27)28)11-13-4-7-19(8-5-13)29(2,25)26/h3,9-10,13H,1,4-8,11-12H2,2H3. The first-order chi connectivity index (χ1) is 13.9. The predicted molar refractivity (Wildman–Crippen MR) is 114 cm³/mol. The molecule has 0 bridgehead atoms. The van der Waals surface area contributed by atoms with E-state index in [-0.39, 0.29) is 41.9 Å². The normalized spacial score (nSPS) is 20.7. The number of piperidine rings is 1. The van der Waals surface area contributed by atoms with Gasteiger partial charge in [-0.15, -0.1) is 6.58 Å². The lowest BCUT2D eigenvalue weighted by molar-refractivity contribution is -0.384. The Morgan fingerprint density at radius 2 is 1.97 bits per heavy atom. The average molecular weight is 479 g/mol. The second-order valence-electron chi connectivity index (χ2n) is 7.42. The van der Waals surface area contributed by atoms with Crippen LogP contribution >= 0.6 is 11.6 Å². The molecule has 2 aliphatic rings. The van der Waals surface area contributed by atoms with Gasteiger partial charge >= 0.3 is 10.2 Å². The van der Waals surface area contributed by atoms with Gasteiger partial charge in [0, 0.05) is 42.8 Å². The molecule has 13 heteroatoms. The molecular formula is C17H23ClN4O6S2. The van der Waals surface area contributed by atoms with Crippen molar-refractivity contribution in [3.8, 4) is 0 Å². The second-order valence-corrected chi connectivity index (χ2v) is 11.7. The molecule has 0 radical (unpaired) electrons. The maximum Gasteiger partial charge on any atom is 0.304 e. The highest BCUT2D eigenvalue weighted by Crippen LogP contribution is 2.42. The molecule has 0 unspecified atom stereocenters. The Morgan fingerprint density at radius 1 is 1.33 bits per heavy atom. The van der Waals surface area contributed by atoms with Crippen molar-refractivity contribution in [2.24, 2.45) is 5.92 Å². The summed E-state index contributed by atoms with van der Waals surface area (Å²) in [4.78, 5) is 10.9. The van der Waals surface area contributed by atoms with E-state index in [0.29, 0.717) is 31.5 Å². The number of halogens is 1. The number of sulfonamides is 1. The van der Waals surface area contributed by atoms with Gasteiger partial charge in [0.1, 0.15) is 5.69 Å². The summed E-state index contributed by atoms with van der Waals surface area (Å²) in [6, 6.07) is 2.68. The topological polar surface area (TPSA) is 121 Å². The number of nitro groups is 1. The maximum atomic E-state index is 13.3. The van der Waals surface area contributed by atoms with E-state index < -0.39 is 25.2 Å². The first-order valence-corrected chi connectivity index (χ1v) is 12.9. The Hall–Kier alpha value is -1.73. The van der Waals surface area contributed by atoms with Gasteiger partial charge in [-0.05, 0) is 24.8 Å². The quantitative estimate of drug-likeness (QED) is 0.350. The van der Waals surface area contributed by atoms with Gasteiger partial charge in [0.15, 0.2) is 0 Å². The fourth-order valence-electron chi connectivity index (χ4n) is 3.89. The number of fused-ring (bicyclic) bond motifs is 1. The van der Waals surface area contributed by atoms with Crippen molar-refractivity contribution in [2.45, 2.75) is 19.4 Å². The molecule has 1 aromatic rings. The Morgan fingerprint density at radius 3 is 2.50 bits per heavy atom. The van der Waals surface area contributed by atoms with E-state index in [1.807, 2.05) is 0 Å². The molecule has 0 spiro atoms. The highest BCUT2D eigenvalue weighted by molar-refractivity contribution is 7.90. The van der Waals surface area contributed by atoms with Crippen LogP contribution in [0.1, 0.15) is 18.4 Å². The fraction of sp³-hybridized carbons (Fsp3) is 0.529. The van der Waals surface area contributed by atoms with Crippen LogP contribution in [0.2, 0.25) is 5.02 Å². The third kappa shape index (κ3) is 4.47. The van der Waals surface area contributed by atoms with E-state index in [4.69, 9.17) is 11.6 Å². The molecule has 0 aliphatic carbocycles. The summed E-state index contributed by atoms with van der Waals surface area (Å²) >= 11 is 6.05. The number of hydrogen-bond donors (Lipinski definition) is 0. The molecule has 30 heavy (non-hydrogen) atoms. The third-order valence-electron chi connectivity index (χ3n) is 5.33. The molecule has 1 fully saturated rings. The van der Waals surface area contributed by atoms with Crippen molar-refractivity contribution in [3.05, 3.63) is 45.5 Å². The monoisotopic (exact) mass is 478 g/mol. The van der Waals surface area contributed by atoms with Gasteiger partial charge in [0.2, 0.25) is 10.0 Å². The molecule has 1 saturated heterocycles. The average Bonchev–Trinajstić information content (AvgIpc) is 2.64. The summed E-state index contributed by atoms with van der Waals surface area (Å²) in [5.74, 6) is -0.0286. The molecule has 0 saturated carbocycles. The van der Waals surface area contributed by atoms with Gasteiger partial charge in [-0.3, -0.25) is 10.1 Å². The summed E-state index contributed by atoms with van der Waals surface area (Å²) in [6.45, 7) is 4.27. The number of rotatable bonds is 6. The Kier molecular flexibility index (Phi) is 6.44. The van der Waals surface area contributed by atoms with Crippen molar-refractivity contribution in [2.75, 3.05) is 36.7 Å². The Labute approximate surface area is 181 Å². The van der Waals surface area contributed by atoms with Crippen molar-refractivity contribution < 1.29 is 21.8 Å². The van der Waals surface area contributed by atoms with Crippen molar-refractivity contribution in [3.63, 3.8) is 0 Å². The Bertz CT molecular complexity index is 1070. The summed E-state index contributed by atoms with van der Waals surface area (Å²) in [7, 11) is -7.31. The number of nitrogens with zero attached hydrogens (tertiary/aromatic N) is 4. The van der Waals surface area contributed by atoms with Crippen LogP contribution in [0.3, 0.4) is 0 Å². The molecule has 3 rings (SSSR count). The fourth-order valence-corrected chi connectivity index (χ4v) is 6.71. The summed E-state index contributed by atoms with van der Waals surface area (Å²) in [5, 5.41) is 11.7. The van der Waals surface area contributed by atoms with Crippen LogP contribution in [0.5, 0.6) is 0 Å². The number of hydrogen-bond acceptors (Lipinski definition) is 6. The van der Waals surface area contributed by atoms with E-state index in [2.05, 4.69) is 6.58 Å². The van der Waals surface area contributed by atoms with Crippen LogP contribution in [0.4, 0.5) is 11.4 Å². The molecule has 2 heterocycles. The largest absolute Gasteiger partial charge is 0.304 e. The lowest BCUT2D eigenvalue weighted by Crippen LogP contribution is -2.50. The van der Waals surface area contributed by atoms with E-state index in [9.17, 15) is 26.9 Å². The maximum absolute atomic E-state index is 13.3. The van der Waals surface area contributed by atoms with Crippen LogP contribution in [-0.4, -0.2) is 62.8 Å². The number of benzene rings is 1. The zero-order valence-electron chi connectivity index (χ0n) is 16.4. The van der Waals surface area contributed by atoms with Crippen molar-refractivity contribution >= 4 is 43.2 Å². The van der Waals surface area contributed by atoms with Crippen molar-refractivity contribution in [1.82, 2.24) is 8.61 Å². The van der Waals surface area contributed by atoms with Gasteiger partial charge in [-0.1, -0.05) is 17.7 Å². The summed E-state index contributed by atoms with van der Waals surface area (Å²) in [5.41, 5.74) is 0.0796. The highest BCUT2D eigenvalue weighted by atomic mass is 35.5. The number of nitro benzene ring substituents is 1. The van der Waals surface area contributed by atoms with Gasteiger partial charge in [-0.2, -0.15) is 12.7 Å². The first kappa shape index (κ1) is 22.9. The molecule has 0 aromatic heterocycles. The minimum absolute atomic E-state index is 0.00689. The lowest BCUT2D eigenvalue weighted by Gasteiger charge is -2.39. The van der Waals surface area contributed by atoms with E-state index in [1.165, 1.54) is 20.8 Å². The molecule has 0 amide bonds. The SMILES string of the molecule is C=CCN1c2c(cc(Cl)cc2[N+](=O)[O-])CN(CC2CCN(S(C)(=O)=O)CC2)S1(=O)=O. The zero-order valence-corrected chi connectivity index (χ0v) is 18.8. The third-order valence-corrected chi connectivity index (χ3v) is 8.67. The minimum Gasteiger partial charge on any atom is -0.258 e. The van der Waals surface area contributed by atoms with Crippen LogP contribution in [-0.2, 0) is 26.8 Å². The smallest absolute Gasteiger partial charge is 0.258 e. The molecule has 2 aliphatic heterocycles. The van der Waals surface area contributed by atoms with E-state index in [1.54, 1.807) is 0 Å². The van der Waals surface area contributed by atoms with E-state index >= 15 is 0 Å².